The molecule has 1 fully saturated rings. The highest BCUT2D eigenvalue weighted by Gasteiger charge is 2.14. The highest BCUT2D eigenvalue weighted by molar-refractivity contribution is 5.95. The molecule has 6 nitrogen and oxygen atoms in total. The summed E-state index contributed by atoms with van der Waals surface area (Å²) in [5.74, 6) is 1.47. The minimum Gasteiger partial charge on any atom is -0.484 e. The van der Waals surface area contributed by atoms with E-state index >= 15 is 0 Å². The van der Waals surface area contributed by atoms with Gasteiger partial charge in [-0.25, -0.2) is 4.98 Å². The summed E-state index contributed by atoms with van der Waals surface area (Å²) >= 11 is 0. The van der Waals surface area contributed by atoms with Gasteiger partial charge in [0.15, 0.2) is 6.61 Å². The van der Waals surface area contributed by atoms with Gasteiger partial charge in [0.2, 0.25) is 0 Å². The molecule has 1 amide bonds. The highest BCUT2D eigenvalue weighted by atomic mass is 16.5. The maximum atomic E-state index is 12.3. The summed E-state index contributed by atoms with van der Waals surface area (Å²) in [5, 5.41) is 3.93. The van der Waals surface area contributed by atoms with Crippen molar-refractivity contribution < 1.29 is 14.3 Å². The second-order valence-electron chi connectivity index (χ2n) is 7.28. The number of hydrogen-bond donors (Lipinski definition) is 1. The third-order valence-corrected chi connectivity index (χ3v) is 4.98. The van der Waals surface area contributed by atoms with Crippen molar-refractivity contribution in [3.8, 4) is 5.75 Å². The van der Waals surface area contributed by atoms with Crippen molar-refractivity contribution in [2.75, 3.05) is 43.1 Å². The molecular weight excluding hydrogens is 366 g/mol. The fourth-order valence-corrected chi connectivity index (χ4v) is 3.46. The van der Waals surface area contributed by atoms with Crippen LogP contribution in [0.4, 0.5) is 11.5 Å². The monoisotopic (exact) mass is 391 g/mol. The third kappa shape index (κ3) is 4.66. The van der Waals surface area contributed by atoms with Crippen molar-refractivity contribution in [3.05, 3.63) is 59.7 Å². The van der Waals surface area contributed by atoms with Crippen LogP contribution in [0.2, 0.25) is 0 Å². The first kappa shape index (κ1) is 19.2. The van der Waals surface area contributed by atoms with Crippen molar-refractivity contribution in [3.63, 3.8) is 0 Å². The van der Waals surface area contributed by atoms with E-state index in [1.165, 1.54) is 0 Å². The molecule has 1 aliphatic rings. The largest absolute Gasteiger partial charge is 0.484 e. The molecule has 1 saturated heterocycles. The Morgan fingerprint density at radius 2 is 1.97 bits per heavy atom. The molecule has 0 radical (unpaired) electrons. The first-order valence-corrected chi connectivity index (χ1v) is 9.82. The number of aromatic nitrogens is 1. The van der Waals surface area contributed by atoms with E-state index in [0.29, 0.717) is 5.75 Å². The number of aryl methyl sites for hydroxylation is 2. The van der Waals surface area contributed by atoms with Crippen LogP contribution < -0.4 is 15.0 Å². The molecule has 2 aromatic carbocycles. The second kappa shape index (κ2) is 8.49. The fourth-order valence-electron chi connectivity index (χ4n) is 3.46. The number of pyridine rings is 1. The van der Waals surface area contributed by atoms with Gasteiger partial charge in [-0.15, -0.1) is 0 Å². The number of rotatable bonds is 5. The number of benzene rings is 2. The number of carbonyl (C=O) groups is 1. The van der Waals surface area contributed by atoms with Crippen LogP contribution in [0.25, 0.3) is 10.9 Å². The Morgan fingerprint density at radius 3 is 2.76 bits per heavy atom. The smallest absolute Gasteiger partial charge is 0.262 e. The maximum Gasteiger partial charge on any atom is 0.262 e. The molecule has 0 atom stereocenters. The average Bonchev–Trinajstić information content (AvgIpc) is 2.73. The van der Waals surface area contributed by atoms with Crippen molar-refractivity contribution in [2.45, 2.75) is 13.8 Å². The van der Waals surface area contributed by atoms with Crippen molar-refractivity contribution in [1.29, 1.82) is 0 Å². The van der Waals surface area contributed by atoms with Crippen LogP contribution in [0.3, 0.4) is 0 Å². The lowest BCUT2D eigenvalue weighted by atomic mass is 10.1. The van der Waals surface area contributed by atoms with E-state index in [-0.39, 0.29) is 12.5 Å². The van der Waals surface area contributed by atoms with E-state index < -0.39 is 0 Å². The summed E-state index contributed by atoms with van der Waals surface area (Å²) in [5.41, 5.74) is 3.88. The van der Waals surface area contributed by atoms with Gasteiger partial charge in [-0.2, -0.15) is 0 Å². The van der Waals surface area contributed by atoms with Crippen molar-refractivity contribution in [2.24, 2.45) is 0 Å². The summed E-state index contributed by atoms with van der Waals surface area (Å²) in [4.78, 5) is 19.3. The zero-order chi connectivity index (χ0) is 20.2. The van der Waals surface area contributed by atoms with Crippen LogP contribution in [0, 0.1) is 13.8 Å². The quantitative estimate of drug-likeness (QED) is 0.718. The predicted molar refractivity (Wildman–Crippen MR) is 115 cm³/mol. The number of anilines is 2. The van der Waals surface area contributed by atoms with Crippen LogP contribution in [0.15, 0.2) is 48.5 Å². The van der Waals surface area contributed by atoms with Gasteiger partial charge >= 0.3 is 0 Å². The number of amides is 1. The summed E-state index contributed by atoms with van der Waals surface area (Å²) in [6, 6.07) is 15.5. The normalized spacial score (nSPS) is 14.1. The zero-order valence-electron chi connectivity index (χ0n) is 16.8. The van der Waals surface area contributed by atoms with E-state index in [1.807, 2.05) is 49.4 Å². The standard InChI is InChI=1S/C23H25N3O3/c1-16-4-3-5-19(12-16)29-15-23(27)24-18-6-7-21-20(14-18)17(2)13-22(25-21)26-8-10-28-11-9-26/h3-7,12-14H,8-11,15H2,1-2H3,(H,24,27). The number of ether oxygens (including phenoxy) is 2. The Kier molecular flexibility index (Phi) is 5.62. The topological polar surface area (TPSA) is 63.7 Å². The Hall–Kier alpha value is -3.12. The van der Waals surface area contributed by atoms with E-state index in [0.717, 1.165) is 59.8 Å². The molecule has 150 valence electrons. The molecule has 1 N–H and O–H groups in total. The van der Waals surface area contributed by atoms with Gasteiger partial charge in [-0.3, -0.25) is 4.79 Å². The highest BCUT2D eigenvalue weighted by Crippen LogP contribution is 2.26. The van der Waals surface area contributed by atoms with Gasteiger partial charge in [0.1, 0.15) is 11.6 Å². The predicted octanol–water partition coefficient (Wildman–Crippen LogP) is 3.71. The molecule has 6 heteroatoms. The van der Waals surface area contributed by atoms with E-state index in [9.17, 15) is 4.79 Å². The molecule has 0 bridgehead atoms. The molecule has 1 aromatic heterocycles. The SMILES string of the molecule is Cc1cccc(OCC(=O)Nc2ccc3nc(N4CCOCC4)cc(C)c3c2)c1. The summed E-state index contributed by atoms with van der Waals surface area (Å²) in [6.45, 7) is 7.20. The number of fused-ring (bicyclic) bond motifs is 1. The van der Waals surface area contributed by atoms with Gasteiger partial charge in [0, 0.05) is 24.2 Å². The first-order chi connectivity index (χ1) is 14.1. The minimum atomic E-state index is -0.193. The third-order valence-electron chi connectivity index (χ3n) is 4.98. The van der Waals surface area contributed by atoms with E-state index in [1.54, 1.807) is 0 Å². The molecule has 29 heavy (non-hydrogen) atoms. The van der Waals surface area contributed by atoms with Crippen LogP contribution in [-0.4, -0.2) is 43.8 Å². The fraction of sp³-hybridized carbons (Fsp3) is 0.304. The first-order valence-electron chi connectivity index (χ1n) is 9.82. The average molecular weight is 391 g/mol. The van der Waals surface area contributed by atoms with Gasteiger partial charge in [-0.1, -0.05) is 12.1 Å². The maximum absolute atomic E-state index is 12.3. The molecule has 1 aliphatic heterocycles. The summed E-state index contributed by atoms with van der Waals surface area (Å²) < 4.78 is 11.0. The molecule has 0 aliphatic carbocycles. The molecule has 3 aromatic rings. The lowest BCUT2D eigenvalue weighted by Crippen LogP contribution is -2.36. The molecule has 2 heterocycles. The van der Waals surface area contributed by atoms with Gasteiger partial charge in [0.05, 0.1) is 18.7 Å². The molecule has 0 unspecified atom stereocenters. The molecule has 4 rings (SSSR count). The number of morpholine rings is 1. The lowest BCUT2D eigenvalue weighted by Gasteiger charge is -2.28. The molecule has 0 saturated carbocycles. The lowest BCUT2D eigenvalue weighted by molar-refractivity contribution is -0.118. The number of hydrogen-bond acceptors (Lipinski definition) is 5. The summed E-state index contributed by atoms with van der Waals surface area (Å²) in [6.07, 6.45) is 0. The number of nitrogens with zero attached hydrogens (tertiary/aromatic N) is 2. The van der Waals surface area contributed by atoms with E-state index in [4.69, 9.17) is 14.5 Å². The number of nitrogens with one attached hydrogen (secondary N) is 1. The Bertz CT molecular complexity index is 1030. The molecule has 0 spiro atoms. The van der Waals surface area contributed by atoms with Crippen LogP contribution in [0.1, 0.15) is 11.1 Å². The molecular formula is C23H25N3O3. The zero-order valence-corrected chi connectivity index (χ0v) is 16.8. The van der Waals surface area contributed by atoms with Gasteiger partial charge < -0.3 is 19.7 Å². The van der Waals surface area contributed by atoms with Crippen molar-refractivity contribution >= 4 is 28.3 Å². The van der Waals surface area contributed by atoms with Crippen LogP contribution >= 0.6 is 0 Å². The number of carbonyl (C=O) groups excluding carboxylic acids is 1. The van der Waals surface area contributed by atoms with Crippen LogP contribution in [-0.2, 0) is 9.53 Å². The van der Waals surface area contributed by atoms with Crippen molar-refractivity contribution in [1.82, 2.24) is 4.98 Å². The Morgan fingerprint density at radius 1 is 1.14 bits per heavy atom. The van der Waals surface area contributed by atoms with Crippen LogP contribution in [0.5, 0.6) is 5.75 Å². The van der Waals surface area contributed by atoms with Gasteiger partial charge in [0.25, 0.3) is 5.91 Å². The van der Waals surface area contributed by atoms with Gasteiger partial charge in [-0.05, 0) is 61.4 Å². The Balaban J connectivity index is 1.45. The minimum absolute atomic E-state index is 0.0330. The van der Waals surface area contributed by atoms with E-state index in [2.05, 4.69) is 23.2 Å². The summed E-state index contributed by atoms with van der Waals surface area (Å²) in [7, 11) is 0. The Labute approximate surface area is 170 Å². The second-order valence-corrected chi connectivity index (χ2v) is 7.28.